The van der Waals surface area contributed by atoms with Gasteiger partial charge in [0.1, 0.15) is 18.2 Å². The van der Waals surface area contributed by atoms with Gasteiger partial charge in [-0.3, -0.25) is 4.79 Å². The van der Waals surface area contributed by atoms with Crippen LogP contribution in [0.3, 0.4) is 0 Å². The van der Waals surface area contributed by atoms with Crippen molar-refractivity contribution >= 4 is 24.1 Å². The molecule has 0 radical (unpaired) electrons. The van der Waals surface area contributed by atoms with Crippen LogP contribution in [-0.4, -0.2) is 37.2 Å². The van der Waals surface area contributed by atoms with Crippen molar-refractivity contribution in [1.29, 1.82) is 0 Å². The zero-order valence-electron chi connectivity index (χ0n) is 19.4. The fraction of sp³-hybridized carbons (Fsp3) is 0.727. The van der Waals surface area contributed by atoms with Gasteiger partial charge in [0.2, 0.25) is 10.0 Å². The number of aromatic nitrogens is 2. The quantitative estimate of drug-likeness (QED) is 0.442. The van der Waals surface area contributed by atoms with Gasteiger partial charge < -0.3 is 4.43 Å². The first-order valence-corrected chi connectivity index (χ1v) is 15.2. The molecule has 0 spiro atoms. The molecule has 2 bridgehead atoms. The van der Waals surface area contributed by atoms with Gasteiger partial charge in [0, 0.05) is 12.6 Å². The lowest BCUT2D eigenvalue weighted by atomic mass is 9.70. The molecule has 2 aliphatic carbocycles. The third-order valence-electron chi connectivity index (χ3n) is 8.20. The maximum atomic E-state index is 13.3. The molecular formula is C22H36N2O4SSi. The van der Waals surface area contributed by atoms with Crippen molar-refractivity contribution in [3.63, 3.8) is 0 Å². The van der Waals surface area contributed by atoms with Crippen molar-refractivity contribution < 1.29 is 17.6 Å². The van der Waals surface area contributed by atoms with E-state index in [0.717, 1.165) is 10.4 Å². The van der Waals surface area contributed by atoms with Gasteiger partial charge in [-0.05, 0) is 42.3 Å². The van der Waals surface area contributed by atoms with Crippen molar-refractivity contribution in [2.45, 2.75) is 78.1 Å². The molecule has 1 aromatic heterocycles. The highest BCUT2D eigenvalue weighted by Gasteiger charge is 2.65. The Bertz CT molecular complexity index is 958. The van der Waals surface area contributed by atoms with Gasteiger partial charge in [0.25, 0.3) is 0 Å². The number of hydrogen-bond donors (Lipinski definition) is 0. The summed E-state index contributed by atoms with van der Waals surface area (Å²) < 4.78 is 34.1. The Morgan fingerprint density at radius 1 is 1.40 bits per heavy atom. The zero-order valence-corrected chi connectivity index (χ0v) is 21.2. The number of imidazole rings is 1. The normalized spacial score (nSPS) is 27.4. The molecule has 2 saturated carbocycles. The Morgan fingerprint density at radius 2 is 2.03 bits per heavy atom. The minimum atomic E-state index is -3.73. The standard InChI is InChI=1S/C22H36N2O4SSi/c1-9-18(28-30(7,8)20(2,3)4)17-13-24(15-23-17)29(26,27)14-22-11-10-16(12-19(22)25)21(22,5)6/h9,13,15-16,18H,1,10-12,14H2,2-8H3/t16-,18?,22-/m1/s1. The van der Waals surface area contributed by atoms with Crippen molar-refractivity contribution in [1.82, 2.24) is 8.96 Å². The van der Waals surface area contributed by atoms with Crippen molar-refractivity contribution in [3.8, 4) is 0 Å². The maximum absolute atomic E-state index is 13.3. The average molecular weight is 453 g/mol. The molecule has 0 saturated heterocycles. The van der Waals surface area contributed by atoms with Crippen LogP contribution < -0.4 is 0 Å². The van der Waals surface area contributed by atoms with Crippen molar-refractivity contribution in [2.75, 3.05) is 5.75 Å². The summed E-state index contributed by atoms with van der Waals surface area (Å²) in [5, 5.41) is 0.00942. The summed E-state index contributed by atoms with van der Waals surface area (Å²) >= 11 is 0. The Hall–Kier alpha value is -1.25. The molecule has 0 aromatic carbocycles. The second-order valence-corrected chi connectivity index (χ2v) is 17.7. The first kappa shape index (κ1) is 23.4. The fourth-order valence-electron chi connectivity index (χ4n) is 4.84. The van der Waals surface area contributed by atoms with Crippen molar-refractivity contribution in [2.24, 2.45) is 16.7 Å². The highest BCUT2D eigenvalue weighted by molar-refractivity contribution is 7.89. The van der Waals surface area contributed by atoms with E-state index < -0.39 is 29.9 Å². The van der Waals surface area contributed by atoms with Gasteiger partial charge in [-0.25, -0.2) is 17.4 Å². The highest BCUT2D eigenvalue weighted by atomic mass is 32.2. The number of rotatable bonds is 7. The molecule has 6 nitrogen and oxygen atoms in total. The summed E-state index contributed by atoms with van der Waals surface area (Å²) in [4.78, 5) is 17.1. The molecule has 1 heterocycles. The van der Waals surface area contributed by atoms with E-state index in [1.807, 2.05) is 13.8 Å². The molecule has 2 aliphatic rings. The second-order valence-electron chi connectivity index (χ2n) is 11.1. The van der Waals surface area contributed by atoms with E-state index in [0.29, 0.717) is 18.5 Å². The van der Waals surface area contributed by atoms with Crippen LogP contribution >= 0.6 is 0 Å². The smallest absolute Gasteiger partial charge is 0.240 e. The lowest BCUT2D eigenvalue weighted by Gasteiger charge is -2.38. The number of fused-ring (bicyclic) bond motifs is 2. The minimum Gasteiger partial charge on any atom is -0.405 e. The third-order valence-corrected chi connectivity index (χ3v) is 14.4. The van der Waals surface area contributed by atoms with Crippen LogP contribution in [-0.2, 0) is 19.2 Å². The van der Waals surface area contributed by atoms with Gasteiger partial charge >= 0.3 is 0 Å². The Kier molecular flexibility index (Phi) is 5.57. The number of carbonyl (C=O) groups is 1. The van der Waals surface area contributed by atoms with Crippen LogP contribution in [0.25, 0.3) is 0 Å². The topological polar surface area (TPSA) is 78.3 Å². The van der Waals surface area contributed by atoms with Crippen molar-refractivity contribution in [3.05, 3.63) is 30.9 Å². The highest BCUT2D eigenvalue weighted by Crippen LogP contribution is 2.64. The molecule has 0 N–H and O–H groups in total. The lowest BCUT2D eigenvalue weighted by molar-refractivity contribution is -0.128. The molecule has 8 heteroatoms. The minimum absolute atomic E-state index is 0.00942. The monoisotopic (exact) mass is 452 g/mol. The van der Waals surface area contributed by atoms with E-state index in [1.165, 1.54) is 12.5 Å². The molecule has 1 aromatic rings. The molecule has 3 rings (SSSR count). The van der Waals surface area contributed by atoms with E-state index in [1.54, 1.807) is 6.08 Å². The second kappa shape index (κ2) is 7.13. The largest absolute Gasteiger partial charge is 0.405 e. The molecule has 0 amide bonds. The molecular weight excluding hydrogens is 416 g/mol. The van der Waals surface area contributed by atoms with Crippen LogP contribution in [0.1, 0.15) is 65.7 Å². The van der Waals surface area contributed by atoms with Gasteiger partial charge in [0.15, 0.2) is 8.32 Å². The van der Waals surface area contributed by atoms with E-state index in [-0.39, 0.29) is 27.9 Å². The number of ketones is 1. The lowest BCUT2D eigenvalue weighted by Crippen LogP contribution is -2.43. The number of Topliss-reactive ketones (excluding diaryl/α,β-unsaturated/α-hetero) is 1. The molecule has 3 atom stereocenters. The van der Waals surface area contributed by atoms with E-state index in [2.05, 4.69) is 45.4 Å². The van der Waals surface area contributed by atoms with E-state index >= 15 is 0 Å². The predicted octanol–water partition coefficient (Wildman–Crippen LogP) is 4.71. The Morgan fingerprint density at radius 3 is 2.50 bits per heavy atom. The van der Waals surface area contributed by atoms with Crippen LogP contribution in [0.5, 0.6) is 0 Å². The van der Waals surface area contributed by atoms with Crippen LogP contribution in [0.4, 0.5) is 0 Å². The summed E-state index contributed by atoms with van der Waals surface area (Å²) in [5.74, 6) is 0.208. The first-order valence-electron chi connectivity index (χ1n) is 10.7. The van der Waals surface area contributed by atoms with E-state index in [9.17, 15) is 13.2 Å². The zero-order chi connectivity index (χ0) is 22.8. The van der Waals surface area contributed by atoms with E-state index in [4.69, 9.17) is 4.43 Å². The molecule has 1 unspecified atom stereocenters. The number of nitrogens with zero attached hydrogens (tertiary/aromatic N) is 2. The van der Waals surface area contributed by atoms with Gasteiger partial charge in [-0.2, -0.15) is 0 Å². The van der Waals surface area contributed by atoms with Gasteiger partial charge in [-0.1, -0.05) is 40.7 Å². The maximum Gasteiger partial charge on any atom is 0.240 e. The number of hydrogen-bond acceptors (Lipinski definition) is 5. The molecule has 30 heavy (non-hydrogen) atoms. The van der Waals surface area contributed by atoms with Crippen LogP contribution in [0, 0.1) is 16.7 Å². The molecule has 0 aliphatic heterocycles. The Labute approximate surface area is 182 Å². The van der Waals surface area contributed by atoms with Crippen LogP contribution in [0.2, 0.25) is 18.1 Å². The molecule has 2 fully saturated rings. The van der Waals surface area contributed by atoms with Gasteiger partial charge in [-0.15, -0.1) is 6.58 Å². The fourth-order valence-corrected chi connectivity index (χ4v) is 7.95. The summed E-state index contributed by atoms with van der Waals surface area (Å²) in [6.45, 7) is 18.7. The third kappa shape index (κ3) is 3.54. The Balaban J connectivity index is 1.86. The summed E-state index contributed by atoms with van der Waals surface area (Å²) in [6, 6.07) is 0. The summed E-state index contributed by atoms with van der Waals surface area (Å²) in [6.07, 6.45) is 6.10. The van der Waals surface area contributed by atoms with Crippen LogP contribution in [0.15, 0.2) is 25.2 Å². The SMILES string of the molecule is C=CC(O[Si](C)(C)C(C)(C)C)c1cn(S(=O)(=O)C[C@]23CC[C@H](CC2=O)C3(C)C)cn1. The summed E-state index contributed by atoms with van der Waals surface area (Å²) in [5.41, 5.74) is -0.566. The van der Waals surface area contributed by atoms with Gasteiger partial charge in [0.05, 0.1) is 16.9 Å². The summed E-state index contributed by atoms with van der Waals surface area (Å²) in [7, 11) is -5.82. The molecule has 168 valence electrons. The average Bonchev–Trinajstić information content (AvgIpc) is 3.23. The number of carbonyl (C=O) groups excluding carboxylic acids is 1. The first-order chi connectivity index (χ1) is 13.6. The predicted molar refractivity (Wildman–Crippen MR) is 121 cm³/mol.